The van der Waals surface area contributed by atoms with E-state index in [1.54, 1.807) is 43.3 Å². The Kier molecular flexibility index (Phi) is 12.5. The van der Waals surface area contributed by atoms with Gasteiger partial charge in [0.05, 0.1) is 31.4 Å². The van der Waals surface area contributed by atoms with Crippen LogP contribution >= 0.6 is 0 Å². The van der Waals surface area contributed by atoms with Gasteiger partial charge in [0.25, 0.3) is 10.0 Å². The lowest BCUT2D eigenvalue weighted by Gasteiger charge is -2.34. The number of anilines is 1. The van der Waals surface area contributed by atoms with Gasteiger partial charge in [-0.2, -0.15) is 0 Å². The first-order chi connectivity index (χ1) is 22.6. The molecule has 1 N–H and O–H groups in total. The summed E-state index contributed by atoms with van der Waals surface area (Å²) in [5, 5.41) is 3.12. The number of amides is 2. The van der Waals surface area contributed by atoms with Crippen LogP contribution < -0.4 is 23.8 Å². The van der Waals surface area contributed by atoms with E-state index in [0.29, 0.717) is 23.7 Å². The summed E-state index contributed by atoms with van der Waals surface area (Å²) in [6, 6.07) is 15.4. The van der Waals surface area contributed by atoms with Crippen LogP contribution in [0.5, 0.6) is 17.2 Å². The first-order valence-corrected chi connectivity index (χ1v) is 17.4. The summed E-state index contributed by atoms with van der Waals surface area (Å²) in [5.74, 6) is -0.251. The monoisotopic (exact) mass is 669 g/mol. The molecule has 3 aromatic rings. The number of ether oxygens (including phenoxy) is 3. The van der Waals surface area contributed by atoms with Crippen molar-refractivity contribution >= 4 is 27.5 Å². The number of rotatable bonds is 15. The van der Waals surface area contributed by atoms with Crippen molar-refractivity contribution in [1.82, 2.24) is 10.2 Å². The number of hydrogen-bond donors (Lipinski definition) is 1. The molecule has 1 saturated carbocycles. The summed E-state index contributed by atoms with van der Waals surface area (Å²) in [4.78, 5) is 29.3. The summed E-state index contributed by atoms with van der Waals surface area (Å²) < 4.78 is 59.6. The Morgan fingerprint density at radius 3 is 2.17 bits per heavy atom. The van der Waals surface area contributed by atoms with E-state index in [2.05, 4.69) is 5.32 Å². The van der Waals surface area contributed by atoms with Crippen molar-refractivity contribution in [3.8, 4) is 17.2 Å². The fourth-order valence-corrected chi connectivity index (χ4v) is 7.19. The molecule has 47 heavy (non-hydrogen) atoms. The Labute approximate surface area is 276 Å². The van der Waals surface area contributed by atoms with Crippen molar-refractivity contribution in [3.05, 3.63) is 78.1 Å². The van der Waals surface area contributed by atoms with Crippen LogP contribution in [0.25, 0.3) is 0 Å². The molecule has 0 saturated heterocycles. The van der Waals surface area contributed by atoms with Gasteiger partial charge in [0.1, 0.15) is 24.2 Å². The second-order valence-corrected chi connectivity index (χ2v) is 13.2. The molecule has 2 amide bonds. The number of carbonyl (C=O) groups is 2. The second-order valence-electron chi connectivity index (χ2n) is 11.4. The average Bonchev–Trinajstić information content (AvgIpc) is 3.08. The lowest BCUT2D eigenvalue weighted by atomic mass is 9.95. The van der Waals surface area contributed by atoms with E-state index in [9.17, 15) is 22.4 Å². The molecule has 1 aliphatic carbocycles. The summed E-state index contributed by atoms with van der Waals surface area (Å²) >= 11 is 0. The van der Waals surface area contributed by atoms with E-state index in [0.717, 1.165) is 36.4 Å². The fraction of sp³-hybridized carbons (Fsp3) is 0.429. The minimum absolute atomic E-state index is 0.0128. The van der Waals surface area contributed by atoms with Gasteiger partial charge in [-0.3, -0.25) is 13.9 Å². The average molecular weight is 670 g/mol. The molecular formula is C35H44FN3O7S. The first-order valence-electron chi connectivity index (χ1n) is 15.9. The highest BCUT2D eigenvalue weighted by molar-refractivity contribution is 7.92. The maximum absolute atomic E-state index is 14.4. The molecule has 12 heteroatoms. The fourth-order valence-electron chi connectivity index (χ4n) is 5.76. The Balaban J connectivity index is 1.74. The van der Waals surface area contributed by atoms with Crippen molar-refractivity contribution in [2.75, 3.05) is 31.7 Å². The molecule has 4 rings (SSSR count). The Bertz CT molecular complexity index is 1590. The smallest absolute Gasteiger partial charge is 0.264 e. The van der Waals surface area contributed by atoms with E-state index < -0.39 is 34.3 Å². The highest BCUT2D eigenvalue weighted by atomic mass is 32.2. The van der Waals surface area contributed by atoms with Gasteiger partial charge in [-0.1, -0.05) is 38.3 Å². The van der Waals surface area contributed by atoms with Crippen LogP contribution in [0.4, 0.5) is 10.1 Å². The van der Waals surface area contributed by atoms with E-state index in [-0.39, 0.29) is 41.2 Å². The summed E-state index contributed by atoms with van der Waals surface area (Å²) in [7, 11) is -1.51. The number of nitrogens with one attached hydrogen (secondary N) is 1. The third-order valence-corrected chi connectivity index (χ3v) is 10.0. The SMILES string of the molecule is CCOc1ccc(N(CC(=O)N(Cc2ccc(F)cc2)[C@@H](CC)C(=O)NC2CCCCC2)S(=O)(=O)c2ccc(OC)c(OC)c2)cc1. The number of methoxy groups -OCH3 is 2. The van der Waals surface area contributed by atoms with Crippen LogP contribution in [0.1, 0.15) is 57.9 Å². The van der Waals surface area contributed by atoms with Gasteiger partial charge >= 0.3 is 0 Å². The van der Waals surface area contributed by atoms with Crippen LogP contribution in [-0.2, 0) is 26.2 Å². The molecule has 1 aliphatic rings. The molecule has 10 nitrogen and oxygen atoms in total. The highest BCUT2D eigenvalue weighted by Gasteiger charge is 2.35. The molecule has 0 aliphatic heterocycles. The lowest BCUT2D eigenvalue weighted by Crippen LogP contribution is -2.54. The van der Waals surface area contributed by atoms with E-state index in [1.807, 2.05) is 6.92 Å². The molecule has 0 aromatic heterocycles. The maximum Gasteiger partial charge on any atom is 0.264 e. The molecule has 0 radical (unpaired) electrons. The predicted octanol–water partition coefficient (Wildman–Crippen LogP) is 5.69. The Morgan fingerprint density at radius 2 is 1.57 bits per heavy atom. The summed E-state index contributed by atoms with van der Waals surface area (Å²) in [5.41, 5.74) is 0.817. The summed E-state index contributed by atoms with van der Waals surface area (Å²) in [6.45, 7) is 3.43. The van der Waals surface area contributed by atoms with E-state index in [1.165, 1.54) is 49.5 Å². The quantitative estimate of drug-likeness (QED) is 0.221. The second kappa shape index (κ2) is 16.5. The van der Waals surface area contributed by atoms with Crippen LogP contribution in [0, 0.1) is 5.82 Å². The highest BCUT2D eigenvalue weighted by Crippen LogP contribution is 2.33. The van der Waals surface area contributed by atoms with Gasteiger partial charge in [0.15, 0.2) is 11.5 Å². The van der Waals surface area contributed by atoms with Crippen LogP contribution in [0.2, 0.25) is 0 Å². The molecule has 0 heterocycles. The van der Waals surface area contributed by atoms with E-state index >= 15 is 0 Å². The van der Waals surface area contributed by atoms with Crippen molar-refractivity contribution in [1.29, 1.82) is 0 Å². The standard InChI is InChI=1S/C35H44FN3O7S/c1-5-31(35(41)37-27-10-8-7-9-11-27)38(23-25-12-14-26(36)15-13-25)34(40)24-39(28-16-18-29(19-17-28)46-6-2)47(42,43)30-20-21-32(44-3)33(22-30)45-4/h12-22,27,31H,5-11,23-24H2,1-4H3,(H,37,41)/t31-/m0/s1. The van der Waals surface area contributed by atoms with Crippen molar-refractivity contribution in [2.45, 2.75) is 75.9 Å². The van der Waals surface area contributed by atoms with Crippen molar-refractivity contribution in [2.24, 2.45) is 0 Å². The maximum atomic E-state index is 14.4. The van der Waals surface area contributed by atoms with Crippen LogP contribution in [0.3, 0.4) is 0 Å². The molecule has 0 bridgehead atoms. The molecule has 0 unspecified atom stereocenters. The molecule has 1 fully saturated rings. The van der Waals surface area contributed by atoms with Crippen molar-refractivity contribution < 1.29 is 36.6 Å². The number of halogens is 1. The van der Waals surface area contributed by atoms with Gasteiger partial charge in [-0.15, -0.1) is 0 Å². The van der Waals surface area contributed by atoms with Gasteiger partial charge in [-0.05, 0) is 80.3 Å². The van der Waals surface area contributed by atoms with Crippen LogP contribution in [-0.4, -0.2) is 64.6 Å². The van der Waals surface area contributed by atoms with Gasteiger partial charge in [-0.25, -0.2) is 12.8 Å². The van der Waals surface area contributed by atoms with Gasteiger partial charge < -0.3 is 24.4 Å². The zero-order chi connectivity index (χ0) is 34.0. The van der Waals surface area contributed by atoms with E-state index in [4.69, 9.17) is 14.2 Å². The molecule has 1 atom stereocenters. The molecule has 3 aromatic carbocycles. The Hall–Kier alpha value is -4.32. The third kappa shape index (κ3) is 8.94. The molecule has 254 valence electrons. The minimum atomic E-state index is -4.36. The van der Waals surface area contributed by atoms with Crippen LogP contribution in [0.15, 0.2) is 71.6 Å². The Morgan fingerprint density at radius 1 is 0.915 bits per heavy atom. The number of nitrogens with zero attached hydrogens (tertiary/aromatic N) is 2. The zero-order valence-electron chi connectivity index (χ0n) is 27.4. The topological polar surface area (TPSA) is 114 Å². The normalized spacial score (nSPS) is 14.1. The van der Waals surface area contributed by atoms with Gasteiger partial charge in [0, 0.05) is 18.7 Å². The number of hydrogen-bond acceptors (Lipinski definition) is 7. The molecule has 0 spiro atoms. The lowest BCUT2D eigenvalue weighted by molar-refractivity contribution is -0.140. The minimum Gasteiger partial charge on any atom is -0.494 e. The molecular weight excluding hydrogens is 625 g/mol. The summed E-state index contributed by atoms with van der Waals surface area (Å²) in [6.07, 6.45) is 5.17. The number of sulfonamides is 1. The first kappa shape index (κ1) is 35.5. The predicted molar refractivity (Wildman–Crippen MR) is 178 cm³/mol. The van der Waals surface area contributed by atoms with Gasteiger partial charge in [0.2, 0.25) is 11.8 Å². The number of carbonyl (C=O) groups excluding carboxylic acids is 2. The largest absolute Gasteiger partial charge is 0.494 e. The third-order valence-electron chi connectivity index (χ3n) is 8.26. The van der Waals surface area contributed by atoms with Crippen molar-refractivity contribution in [3.63, 3.8) is 0 Å². The number of benzene rings is 3. The zero-order valence-corrected chi connectivity index (χ0v) is 28.2.